The summed E-state index contributed by atoms with van der Waals surface area (Å²) in [6, 6.07) is 10.4. The van der Waals surface area contributed by atoms with E-state index in [1.807, 2.05) is 12.1 Å². The molecule has 1 aliphatic carbocycles. The molecule has 0 unspecified atom stereocenters. The van der Waals surface area contributed by atoms with Crippen LogP contribution in [0.15, 0.2) is 41.3 Å². The minimum atomic E-state index is -3.71. The van der Waals surface area contributed by atoms with Gasteiger partial charge in [0, 0.05) is 13.1 Å². The fourth-order valence-corrected chi connectivity index (χ4v) is 5.65. The second kappa shape index (κ2) is 10.1. The van der Waals surface area contributed by atoms with Crippen LogP contribution in [0.5, 0.6) is 11.5 Å². The number of benzene rings is 2. The highest BCUT2D eigenvalue weighted by Gasteiger charge is 2.28. The molecular formula is C24H30N2O6S. The summed E-state index contributed by atoms with van der Waals surface area (Å²) in [5.74, 6) is 0.710. The third-order valence-electron chi connectivity index (χ3n) is 6.06. The average Bonchev–Trinajstić information content (AvgIpc) is 2.84. The highest BCUT2D eigenvalue weighted by Crippen LogP contribution is 2.32. The summed E-state index contributed by atoms with van der Waals surface area (Å²) in [6.45, 7) is 2.98. The molecular weight excluding hydrogens is 444 g/mol. The Labute approximate surface area is 194 Å². The van der Waals surface area contributed by atoms with Crippen LogP contribution in [0, 0.1) is 0 Å². The van der Waals surface area contributed by atoms with Crippen molar-refractivity contribution in [3.63, 3.8) is 0 Å². The number of fused-ring (bicyclic) bond motifs is 1. The smallest absolute Gasteiger partial charge is 0.265 e. The van der Waals surface area contributed by atoms with Gasteiger partial charge in [0.25, 0.3) is 5.91 Å². The van der Waals surface area contributed by atoms with Crippen molar-refractivity contribution in [2.24, 2.45) is 0 Å². The van der Waals surface area contributed by atoms with Crippen molar-refractivity contribution in [2.45, 2.75) is 43.6 Å². The second-order valence-electron chi connectivity index (χ2n) is 8.23. The highest BCUT2D eigenvalue weighted by atomic mass is 32.2. The summed E-state index contributed by atoms with van der Waals surface area (Å²) in [6.07, 6.45) is 3.46. The zero-order chi connectivity index (χ0) is 23.4. The lowest BCUT2D eigenvalue weighted by Gasteiger charge is -2.26. The van der Waals surface area contributed by atoms with Gasteiger partial charge in [0.05, 0.1) is 30.9 Å². The Bertz CT molecular complexity index is 1110. The van der Waals surface area contributed by atoms with Crippen molar-refractivity contribution >= 4 is 21.6 Å². The van der Waals surface area contributed by atoms with Gasteiger partial charge in [-0.3, -0.25) is 4.79 Å². The van der Waals surface area contributed by atoms with Gasteiger partial charge in [-0.2, -0.15) is 4.31 Å². The van der Waals surface area contributed by atoms with E-state index in [1.165, 1.54) is 34.7 Å². The molecule has 33 heavy (non-hydrogen) atoms. The van der Waals surface area contributed by atoms with Crippen LogP contribution in [0.1, 0.15) is 30.9 Å². The maximum absolute atomic E-state index is 13.0. The lowest BCUT2D eigenvalue weighted by molar-refractivity contribution is -0.122. The number of methoxy groups -OCH3 is 1. The van der Waals surface area contributed by atoms with Gasteiger partial charge in [0.2, 0.25) is 10.0 Å². The molecule has 0 aromatic heterocycles. The van der Waals surface area contributed by atoms with E-state index in [1.54, 1.807) is 13.0 Å². The topological polar surface area (TPSA) is 94.2 Å². The number of anilines is 1. The second-order valence-corrected chi connectivity index (χ2v) is 10.2. The first kappa shape index (κ1) is 23.5. The van der Waals surface area contributed by atoms with E-state index < -0.39 is 16.1 Å². The zero-order valence-corrected chi connectivity index (χ0v) is 19.8. The average molecular weight is 475 g/mol. The molecule has 1 atom stereocenters. The number of hydrogen-bond donors (Lipinski definition) is 1. The SMILES string of the molecule is COc1ccc(S(=O)(=O)N2CCOCC2)cc1NC(=O)[C@H](C)Oc1cccc2c1CCCC2. The molecule has 1 fully saturated rings. The Morgan fingerprint density at radius 2 is 1.85 bits per heavy atom. The van der Waals surface area contributed by atoms with E-state index in [2.05, 4.69) is 11.4 Å². The summed E-state index contributed by atoms with van der Waals surface area (Å²) < 4.78 is 44.1. The van der Waals surface area contributed by atoms with Crippen LogP contribution >= 0.6 is 0 Å². The summed E-state index contributed by atoms with van der Waals surface area (Å²) in [5.41, 5.74) is 2.72. The number of nitrogens with one attached hydrogen (secondary N) is 1. The molecule has 1 N–H and O–H groups in total. The Hall–Kier alpha value is -2.62. The molecule has 0 radical (unpaired) electrons. The maximum atomic E-state index is 13.0. The summed E-state index contributed by atoms with van der Waals surface area (Å²) in [5, 5.41) is 2.78. The Balaban J connectivity index is 1.52. The lowest BCUT2D eigenvalue weighted by Crippen LogP contribution is -2.40. The van der Waals surface area contributed by atoms with Crippen molar-refractivity contribution in [3.8, 4) is 11.5 Å². The van der Waals surface area contributed by atoms with E-state index >= 15 is 0 Å². The minimum Gasteiger partial charge on any atom is -0.495 e. The number of carbonyl (C=O) groups excluding carboxylic acids is 1. The molecule has 9 heteroatoms. The van der Waals surface area contributed by atoms with Gasteiger partial charge < -0.3 is 19.5 Å². The number of nitrogens with zero attached hydrogens (tertiary/aromatic N) is 1. The molecule has 0 spiro atoms. The monoisotopic (exact) mass is 474 g/mol. The minimum absolute atomic E-state index is 0.0891. The van der Waals surface area contributed by atoms with Gasteiger partial charge in [0.15, 0.2) is 6.10 Å². The number of hydrogen-bond acceptors (Lipinski definition) is 6. The maximum Gasteiger partial charge on any atom is 0.265 e. The van der Waals surface area contributed by atoms with Crippen molar-refractivity contribution < 1.29 is 27.4 Å². The number of carbonyl (C=O) groups is 1. The van der Waals surface area contributed by atoms with Gasteiger partial charge in [0.1, 0.15) is 11.5 Å². The van der Waals surface area contributed by atoms with Crippen molar-refractivity contribution in [1.29, 1.82) is 0 Å². The predicted molar refractivity (Wildman–Crippen MR) is 124 cm³/mol. The van der Waals surface area contributed by atoms with Crippen LogP contribution in [0.2, 0.25) is 0 Å². The van der Waals surface area contributed by atoms with E-state index in [0.717, 1.165) is 31.4 Å². The van der Waals surface area contributed by atoms with Gasteiger partial charge >= 0.3 is 0 Å². The van der Waals surface area contributed by atoms with Gasteiger partial charge in [-0.05, 0) is 68.0 Å². The quantitative estimate of drug-likeness (QED) is 0.663. The molecule has 1 saturated heterocycles. The largest absolute Gasteiger partial charge is 0.495 e. The van der Waals surface area contributed by atoms with Crippen LogP contribution in [0.25, 0.3) is 0 Å². The third kappa shape index (κ3) is 5.15. The van der Waals surface area contributed by atoms with Crippen molar-refractivity contribution in [2.75, 3.05) is 38.7 Å². The van der Waals surface area contributed by atoms with Crippen LogP contribution < -0.4 is 14.8 Å². The summed E-state index contributed by atoms with van der Waals surface area (Å²) in [7, 11) is -2.24. The summed E-state index contributed by atoms with van der Waals surface area (Å²) >= 11 is 0. The first-order valence-corrected chi connectivity index (χ1v) is 12.7. The van der Waals surface area contributed by atoms with Gasteiger partial charge in [-0.1, -0.05) is 12.1 Å². The summed E-state index contributed by atoms with van der Waals surface area (Å²) in [4.78, 5) is 13.0. The van der Waals surface area contributed by atoms with Crippen molar-refractivity contribution in [3.05, 3.63) is 47.5 Å². The molecule has 8 nitrogen and oxygen atoms in total. The lowest BCUT2D eigenvalue weighted by atomic mass is 9.91. The first-order chi connectivity index (χ1) is 15.9. The number of sulfonamides is 1. The Morgan fingerprint density at radius 1 is 1.09 bits per heavy atom. The standard InChI is InChI=1S/C24H30N2O6S/c1-17(32-22-9-5-7-18-6-3-4-8-20(18)22)24(27)25-21-16-19(10-11-23(21)30-2)33(28,29)26-12-14-31-15-13-26/h5,7,9-11,16-17H,3-4,6,8,12-15H2,1-2H3,(H,25,27)/t17-/m0/s1. The zero-order valence-electron chi connectivity index (χ0n) is 19.0. The van der Waals surface area contributed by atoms with Crippen LogP contribution in [0.4, 0.5) is 5.69 Å². The van der Waals surface area contributed by atoms with E-state index in [4.69, 9.17) is 14.2 Å². The van der Waals surface area contributed by atoms with E-state index in [9.17, 15) is 13.2 Å². The van der Waals surface area contributed by atoms with Crippen LogP contribution in [-0.2, 0) is 32.4 Å². The van der Waals surface area contributed by atoms with Crippen LogP contribution in [-0.4, -0.2) is 58.1 Å². The number of ether oxygens (including phenoxy) is 3. The predicted octanol–water partition coefficient (Wildman–Crippen LogP) is 3.00. The Morgan fingerprint density at radius 3 is 2.61 bits per heavy atom. The highest BCUT2D eigenvalue weighted by molar-refractivity contribution is 7.89. The Kier molecular flexibility index (Phi) is 7.21. The molecule has 1 amide bonds. The van der Waals surface area contributed by atoms with E-state index in [0.29, 0.717) is 32.1 Å². The molecule has 178 valence electrons. The fraction of sp³-hybridized carbons (Fsp3) is 0.458. The third-order valence-corrected chi connectivity index (χ3v) is 7.96. The van der Waals surface area contributed by atoms with E-state index in [-0.39, 0.29) is 16.5 Å². The first-order valence-electron chi connectivity index (χ1n) is 11.2. The molecule has 0 saturated carbocycles. The molecule has 2 aromatic carbocycles. The number of morpholine rings is 1. The number of aryl methyl sites for hydroxylation is 1. The number of rotatable bonds is 7. The molecule has 1 aliphatic heterocycles. The van der Waals surface area contributed by atoms with Crippen LogP contribution in [0.3, 0.4) is 0 Å². The molecule has 1 heterocycles. The molecule has 4 rings (SSSR count). The number of amides is 1. The van der Waals surface area contributed by atoms with Gasteiger partial charge in [-0.25, -0.2) is 8.42 Å². The molecule has 0 bridgehead atoms. The molecule has 2 aromatic rings. The molecule has 2 aliphatic rings. The normalized spacial score (nSPS) is 17.6. The fourth-order valence-electron chi connectivity index (χ4n) is 4.22. The van der Waals surface area contributed by atoms with Gasteiger partial charge in [-0.15, -0.1) is 0 Å². The van der Waals surface area contributed by atoms with Crippen molar-refractivity contribution in [1.82, 2.24) is 4.31 Å².